The van der Waals surface area contributed by atoms with Crippen molar-refractivity contribution in [2.75, 3.05) is 0 Å². The summed E-state index contributed by atoms with van der Waals surface area (Å²) in [6.07, 6.45) is -3.25. The molecule has 0 saturated carbocycles. The Labute approximate surface area is 154 Å². The molecule has 4 aromatic heterocycles. The Balaban J connectivity index is 2.07. The summed E-state index contributed by atoms with van der Waals surface area (Å²) in [7, 11) is 0. The Kier molecular flexibility index (Phi) is 3.88. The summed E-state index contributed by atoms with van der Waals surface area (Å²) < 4.78 is 74.1. The Morgan fingerprint density at radius 1 is 1.07 bits per heavy atom. The van der Waals surface area contributed by atoms with Crippen LogP contribution in [0.15, 0.2) is 35.2 Å². The van der Waals surface area contributed by atoms with E-state index < -0.39 is 17.7 Å². The van der Waals surface area contributed by atoms with E-state index in [1.54, 1.807) is 13.8 Å². The van der Waals surface area contributed by atoms with Gasteiger partial charge in [-0.3, -0.25) is 4.40 Å². The smallest absolute Gasteiger partial charge is 0.422 e. The van der Waals surface area contributed by atoms with Crippen LogP contribution in [-0.2, 0) is 5.92 Å². The fourth-order valence-electron chi connectivity index (χ4n) is 2.84. The van der Waals surface area contributed by atoms with Gasteiger partial charge in [-0.2, -0.15) is 22.0 Å². The van der Waals surface area contributed by atoms with Crippen LogP contribution in [0.4, 0.5) is 22.0 Å². The van der Waals surface area contributed by atoms with Crippen LogP contribution in [0.25, 0.3) is 28.3 Å². The topological polar surface area (TPSA) is 69.1 Å². The zero-order valence-electron chi connectivity index (χ0n) is 14.5. The highest BCUT2D eigenvalue weighted by Crippen LogP contribution is 2.46. The number of nitrogens with zero attached hydrogens (tertiary/aromatic N) is 5. The highest BCUT2D eigenvalue weighted by Gasteiger charge is 2.59. The van der Waals surface area contributed by atoms with Crippen molar-refractivity contribution in [1.82, 2.24) is 24.6 Å². The Morgan fingerprint density at radius 2 is 1.82 bits per heavy atom. The number of pyridine rings is 2. The number of halogens is 5. The van der Waals surface area contributed by atoms with Crippen LogP contribution < -0.4 is 0 Å². The first-order valence-corrected chi connectivity index (χ1v) is 8.14. The number of alkyl halides is 5. The molecule has 0 radical (unpaired) electrons. The lowest BCUT2D eigenvalue weighted by atomic mass is 9.99. The van der Waals surface area contributed by atoms with Crippen molar-refractivity contribution >= 4 is 16.7 Å². The van der Waals surface area contributed by atoms with Gasteiger partial charge in [0, 0.05) is 22.8 Å². The normalized spacial score (nSPS) is 13.1. The Morgan fingerprint density at radius 3 is 2.43 bits per heavy atom. The molecular formula is C17H12F5N5O. The molecule has 4 aromatic rings. The molecule has 0 aliphatic rings. The van der Waals surface area contributed by atoms with Crippen LogP contribution in [0.5, 0.6) is 0 Å². The van der Waals surface area contributed by atoms with E-state index in [9.17, 15) is 22.0 Å². The van der Waals surface area contributed by atoms with Gasteiger partial charge in [-0.25, -0.2) is 9.97 Å². The first-order chi connectivity index (χ1) is 13.1. The Bertz CT molecular complexity index is 1160. The summed E-state index contributed by atoms with van der Waals surface area (Å²) in [6, 6.07) is 3.29. The summed E-state index contributed by atoms with van der Waals surface area (Å²) in [4.78, 5) is 8.55. The molecule has 4 heterocycles. The monoisotopic (exact) mass is 397 g/mol. The van der Waals surface area contributed by atoms with Crippen molar-refractivity contribution in [3.63, 3.8) is 0 Å². The number of hydrogen-bond donors (Lipinski definition) is 0. The van der Waals surface area contributed by atoms with Gasteiger partial charge in [-0.05, 0) is 24.1 Å². The van der Waals surface area contributed by atoms with Crippen LogP contribution in [0.1, 0.15) is 31.0 Å². The molecule has 0 saturated heterocycles. The Hall–Kier alpha value is -3.11. The van der Waals surface area contributed by atoms with Gasteiger partial charge in [-0.1, -0.05) is 13.8 Å². The van der Waals surface area contributed by atoms with Crippen molar-refractivity contribution in [3.05, 3.63) is 42.0 Å². The SMILES string of the molecule is CC(C)c1cc(C(F)(F)C(F)(F)F)c2ccc3nc(-c4nnco4)cn3c2n1. The third kappa shape index (κ3) is 2.69. The molecular weight excluding hydrogens is 385 g/mol. The van der Waals surface area contributed by atoms with Crippen LogP contribution in [0, 0.1) is 0 Å². The third-order valence-corrected chi connectivity index (χ3v) is 4.28. The van der Waals surface area contributed by atoms with Crippen molar-refractivity contribution < 1.29 is 26.4 Å². The largest absolute Gasteiger partial charge is 0.458 e. The molecule has 11 heteroatoms. The average molecular weight is 397 g/mol. The second kappa shape index (κ2) is 5.94. The van der Waals surface area contributed by atoms with Gasteiger partial charge in [0.2, 0.25) is 6.39 Å². The fraction of sp³-hybridized carbons (Fsp3) is 0.294. The molecule has 0 amide bonds. The van der Waals surface area contributed by atoms with Gasteiger partial charge >= 0.3 is 12.1 Å². The molecule has 0 aromatic carbocycles. The maximum absolute atomic E-state index is 14.3. The molecule has 0 bridgehead atoms. The van der Waals surface area contributed by atoms with E-state index in [-0.39, 0.29) is 39.9 Å². The number of hydrogen-bond acceptors (Lipinski definition) is 5. The van der Waals surface area contributed by atoms with Gasteiger partial charge in [0.1, 0.15) is 17.0 Å². The van der Waals surface area contributed by atoms with Crippen LogP contribution in [0.3, 0.4) is 0 Å². The van der Waals surface area contributed by atoms with E-state index in [0.717, 1.165) is 18.5 Å². The maximum Gasteiger partial charge on any atom is 0.458 e. The number of imidazole rings is 1. The standard InChI is InChI=1S/C17H12F5N5O/c1-8(2)11-5-10(16(18,19)17(20,21)22)9-3-4-13-24-12(15-26-23-7-28-15)6-27(13)14(9)25-11/h3-8H,1-2H3. The van der Waals surface area contributed by atoms with E-state index in [4.69, 9.17) is 4.42 Å². The average Bonchev–Trinajstić information content (AvgIpc) is 3.28. The molecule has 0 N–H and O–H groups in total. The fourth-order valence-corrected chi connectivity index (χ4v) is 2.84. The molecule has 146 valence electrons. The van der Waals surface area contributed by atoms with E-state index >= 15 is 0 Å². The summed E-state index contributed by atoms with van der Waals surface area (Å²) in [6.45, 7) is 3.31. The summed E-state index contributed by atoms with van der Waals surface area (Å²) >= 11 is 0. The lowest BCUT2D eigenvalue weighted by Crippen LogP contribution is -2.34. The van der Waals surface area contributed by atoms with Crippen LogP contribution in [0.2, 0.25) is 0 Å². The van der Waals surface area contributed by atoms with Crippen LogP contribution in [-0.4, -0.2) is 30.7 Å². The van der Waals surface area contributed by atoms with Crippen molar-refractivity contribution in [2.45, 2.75) is 31.9 Å². The summed E-state index contributed by atoms with van der Waals surface area (Å²) in [5, 5.41) is 6.93. The molecule has 0 aliphatic heterocycles. The second-order valence-electron chi connectivity index (χ2n) is 6.49. The number of fused-ring (bicyclic) bond motifs is 3. The van der Waals surface area contributed by atoms with Gasteiger partial charge in [0.25, 0.3) is 5.89 Å². The van der Waals surface area contributed by atoms with E-state index in [1.807, 2.05) is 0 Å². The zero-order valence-corrected chi connectivity index (χ0v) is 14.5. The first-order valence-electron chi connectivity index (χ1n) is 8.14. The molecule has 0 aliphatic carbocycles. The highest BCUT2D eigenvalue weighted by atomic mass is 19.4. The van der Waals surface area contributed by atoms with Crippen molar-refractivity contribution in [3.8, 4) is 11.6 Å². The lowest BCUT2D eigenvalue weighted by Gasteiger charge is -2.22. The van der Waals surface area contributed by atoms with E-state index in [2.05, 4.69) is 20.2 Å². The predicted octanol–water partition coefficient (Wildman–Crippen LogP) is 4.71. The van der Waals surface area contributed by atoms with Gasteiger partial charge in [0.05, 0.1) is 0 Å². The number of rotatable bonds is 3. The molecule has 4 rings (SSSR count). The highest BCUT2D eigenvalue weighted by molar-refractivity contribution is 5.84. The quantitative estimate of drug-likeness (QED) is 0.469. The molecule has 28 heavy (non-hydrogen) atoms. The minimum Gasteiger partial charge on any atom is -0.422 e. The summed E-state index contributed by atoms with van der Waals surface area (Å²) in [5.74, 6) is -5.33. The zero-order chi connectivity index (χ0) is 20.3. The van der Waals surface area contributed by atoms with Gasteiger partial charge < -0.3 is 4.42 Å². The van der Waals surface area contributed by atoms with E-state index in [1.165, 1.54) is 16.7 Å². The molecule has 6 nitrogen and oxygen atoms in total. The third-order valence-electron chi connectivity index (χ3n) is 4.28. The van der Waals surface area contributed by atoms with Crippen molar-refractivity contribution in [2.24, 2.45) is 0 Å². The summed E-state index contributed by atoms with van der Waals surface area (Å²) in [5.41, 5.74) is -0.585. The molecule has 0 atom stereocenters. The minimum atomic E-state index is -5.74. The maximum atomic E-state index is 14.3. The second-order valence-corrected chi connectivity index (χ2v) is 6.49. The first kappa shape index (κ1) is 18.3. The predicted molar refractivity (Wildman–Crippen MR) is 87.8 cm³/mol. The van der Waals surface area contributed by atoms with Gasteiger partial charge in [0.15, 0.2) is 0 Å². The van der Waals surface area contributed by atoms with E-state index in [0.29, 0.717) is 0 Å². The van der Waals surface area contributed by atoms with Gasteiger partial charge in [-0.15, -0.1) is 10.2 Å². The van der Waals surface area contributed by atoms with Crippen LogP contribution >= 0.6 is 0 Å². The molecule has 0 fully saturated rings. The molecule has 0 unspecified atom stereocenters. The molecule has 0 spiro atoms. The lowest BCUT2D eigenvalue weighted by molar-refractivity contribution is -0.288. The minimum absolute atomic E-state index is 0.0686. The number of aromatic nitrogens is 5. The van der Waals surface area contributed by atoms with Crippen molar-refractivity contribution in [1.29, 1.82) is 0 Å².